The standard InChI is InChI=1S/C18H21ClN2O4/c1-11-7-14(16(24-3)9-13(11)19)21-18(22)10-20-12-5-6-15(23-2)17(8-12)25-4/h5-9,20H,10H2,1-4H3,(H,21,22). The highest BCUT2D eigenvalue weighted by atomic mass is 35.5. The Balaban J connectivity index is 2.03. The quantitative estimate of drug-likeness (QED) is 0.783. The second-order valence-corrected chi connectivity index (χ2v) is 5.68. The van der Waals surface area contributed by atoms with Crippen LogP contribution in [-0.4, -0.2) is 33.8 Å². The van der Waals surface area contributed by atoms with Crippen LogP contribution in [0.4, 0.5) is 11.4 Å². The number of benzene rings is 2. The number of carbonyl (C=O) groups excluding carboxylic acids is 1. The Bertz CT molecular complexity index is 765. The molecule has 25 heavy (non-hydrogen) atoms. The van der Waals surface area contributed by atoms with Crippen molar-refractivity contribution in [3.05, 3.63) is 40.9 Å². The van der Waals surface area contributed by atoms with Gasteiger partial charge < -0.3 is 24.8 Å². The van der Waals surface area contributed by atoms with E-state index in [9.17, 15) is 4.79 Å². The molecule has 2 aromatic rings. The van der Waals surface area contributed by atoms with E-state index in [0.29, 0.717) is 28.0 Å². The van der Waals surface area contributed by atoms with E-state index in [1.54, 1.807) is 38.5 Å². The first-order valence-corrected chi connectivity index (χ1v) is 7.96. The zero-order valence-corrected chi connectivity index (χ0v) is 15.4. The van der Waals surface area contributed by atoms with Crippen molar-refractivity contribution < 1.29 is 19.0 Å². The monoisotopic (exact) mass is 364 g/mol. The van der Waals surface area contributed by atoms with Crippen molar-refractivity contribution in [2.24, 2.45) is 0 Å². The number of anilines is 2. The highest BCUT2D eigenvalue weighted by Crippen LogP contribution is 2.31. The number of rotatable bonds is 7. The molecular formula is C18H21ClN2O4. The van der Waals surface area contributed by atoms with Gasteiger partial charge in [-0.2, -0.15) is 0 Å². The molecular weight excluding hydrogens is 344 g/mol. The Kier molecular flexibility index (Phi) is 6.36. The lowest BCUT2D eigenvalue weighted by Gasteiger charge is -2.14. The van der Waals surface area contributed by atoms with Crippen LogP contribution in [0.2, 0.25) is 5.02 Å². The molecule has 0 aromatic heterocycles. The minimum Gasteiger partial charge on any atom is -0.495 e. The molecule has 0 heterocycles. The summed E-state index contributed by atoms with van der Waals surface area (Å²) in [6, 6.07) is 8.79. The molecule has 2 aromatic carbocycles. The molecule has 0 fully saturated rings. The zero-order chi connectivity index (χ0) is 18.4. The molecule has 0 aliphatic carbocycles. The van der Waals surface area contributed by atoms with Gasteiger partial charge in [0.05, 0.1) is 33.6 Å². The van der Waals surface area contributed by atoms with Crippen molar-refractivity contribution in [3.8, 4) is 17.2 Å². The van der Waals surface area contributed by atoms with Gasteiger partial charge in [-0.3, -0.25) is 4.79 Å². The van der Waals surface area contributed by atoms with Gasteiger partial charge in [-0.25, -0.2) is 0 Å². The zero-order valence-electron chi connectivity index (χ0n) is 14.6. The van der Waals surface area contributed by atoms with Crippen molar-refractivity contribution in [2.45, 2.75) is 6.92 Å². The third-order valence-electron chi connectivity index (χ3n) is 3.59. The first-order valence-electron chi connectivity index (χ1n) is 7.58. The van der Waals surface area contributed by atoms with Crippen molar-refractivity contribution in [2.75, 3.05) is 38.5 Å². The van der Waals surface area contributed by atoms with Crippen LogP contribution in [0.3, 0.4) is 0 Å². The van der Waals surface area contributed by atoms with Crippen molar-refractivity contribution >= 4 is 28.9 Å². The summed E-state index contributed by atoms with van der Waals surface area (Å²) in [6.45, 7) is 1.94. The number of hydrogen-bond donors (Lipinski definition) is 2. The maximum atomic E-state index is 12.2. The molecule has 0 spiro atoms. The average Bonchev–Trinajstić information content (AvgIpc) is 2.62. The van der Waals surface area contributed by atoms with Crippen LogP contribution in [0.5, 0.6) is 17.2 Å². The third-order valence-corrected chi connectivity index (χ3v) is 4.00. The van der Waals surface area contributed by atoms with Gasteiger partial charge in [0.15, 0.2) is 11.5 Å². The van der Waals surface area contributed by atoms with Crippen LogP contribution in [-0.2, 0) is 4.79 Å². The predicted molar refractivity (Wildman–Crippen MR) is 99.4 cm³/mol. The molecule has 134 valence electrons. The second-order valence-electron chi connectivity index (χ2n) is 5.27. The fourth-order valence-corrected chi connectivity index (χ4v) is 2.41. The molecule has 2 N–H and O–H groups in total. The maximum Gasteiger partial charge on any atom is 0.243 e. The molecule has 2 rings (SSSR count). The van der Waals surface area contributed by atoms with E-state index in [4.69, 9.17) is 25.8 Å². The van der Waals surface area contributed by atoms with Crippen molar-refractivity contribution in [1.29, 1.82) is 0 Å². The van der Waals surface area contributed by atoms with Gasteiger partial charge in [0.1, 0.15) is 5.75 Å². The number of hydrogen-bond acceptors (Lipinski definition) is 5. The van der Waals surface area contributed by atoms with Gasteiger partial charge in [0, 0.05) is 22.8 Å². The van der Waals surface area contributed by atoms with Gasteiger partial charge in [-0.05, 0) is 30.7 Å². The number of nitrogens with one attached hydrogen (secondary N) is 2. The summed E-state index contributed by atoms with van der Waals surface area (Å²) in [4.78, 5) is 12.2. The highest BCUT2D eigenvalue weighted by molar-refractivity contribution is 6.31. The Morgan fingerprint density at radius 3 is 2.32 bits per heavy atom. The van der Waals surface area contributed by atoms with E-state index in [1.165, 1.54) is 7.11 Å². The summed E-state index contributed by atoms with van der Waals surface area (Å²) in [5.74, 6) is 1.51. The maximum absolute atomic E-state index is 12.2. The van der Waals surface area contributed by atoms with Gasteiger partial charge in [0.25, 0.3) is 0 Å². The molecule has 0 saturated carbocycles. The van der Waals surface area contributed by atoms with E-state index in [-0.39, 0.29) is 12.5 Å². The summed E-state index contributed by atoms with van der Waals surface area (Å²) < 4.78 is 15.7. The van der Waals surface area contributed by atoms with Crippen LogP contribution >= 0.6 is 11.6 Å². The molecule has 1 amide bonds. The number of amides is 1. The van der Waals surface area contributed by atoms with Gasteiger partial charge in [0.2, 0.25) is 5.91 Å². The number of methoxy groups -OCH3 is 3. The van der Waals surface area contributed by atoms with Gasteiger partial charge in [-0.1, -0.05) is 11.6 Å². The summed E-state index contributed by atoms with van der Waals surface area (Å²) in [6.07, 6.45) is 0. The molecule has 6 nitrogen and oxygen atoms in total. The molecule has 7 heteroatoms. The molecule has 0 aliphatic rings. The number of carbonyl (C=O) groups is 1. The van der Waals surface area contributed by atoms with Crippen LogP contribution < -0.4 is 24.8 Å². The molecule has 0 saturated heterocycles. The van der Waals surface area contributed by atoms with Crippen LogP contribution in [0, 0.1) is 6.92 Å². The van der Waals surface area contributed by atoms with E-state index < -0.39 is 0 Å². The van der Waals surface area contributed by atoms with E-state index in [2.05, 4.69) is 10.6 Å². The second kappa shape index (κ2) is 8.48. The number of ether oxygens (including phenoxy) is 3. The first kappa shape index (κ1) is 18.7. The molecule has 0 unspecified atom stereocenters. The van der Waals surface area contributed by atoms with Gasteiger partial charge in [-0.15, -0.1) is 0 Å². The SMILES string of the molecule is COc1cc(Cl)c(C)cc1NC(=O)CNc1ccc(OC)c(OC)c1. The van der Waals surface area contributed by atoms with Gasteiger partial charge >= 0.3 is 0 Å². The van der Waals surface area contributed by atoms with Crippen molar-refractivity contribution in [3.63, 3.8) is 0 Å². The van der Waals surface area contributed by atoms with E-state index in [0.717, 1.165) is 11.3 Å². The summed E-state index contributed by atoms with van der Waals surface area (Å²) in [5, 5.41) is 6.43. The van der Waals surface area contributed by atoms with Crippen molar-refractivity contribution in [1.82, 2.24) is 0 Å². The Morgan fingerprint density at radius 1 is 1.00 bits per heavy atom. The molecule has 0 atom stereocenters. The number of aryl methyl sites for hydroxylation is 1. The largest absolute Gasteiger partial charge is 0.495 e. The lowest BCUT2D eigenvalue weighted by Crippen LogP contribution is -2.22. The topological polar surface area (TPSA) is 68.8 Å². The fourth-order valence-electron chi connectivity index (χ4n) is 2.25. The lowest BCUT2D eigenvalue weighted by molar-refractivity contribution is -0.114. The fraction of sp³-hybridized carbons (Fsp3) is 0.278. The highest BCUT2D eigenvalue weighted by Gasteiger charge is 2.11. The third kappa shape index (κ3) is 4.70. The average molecular weight is 365 g/mol. The minimum absolute atomic E-state index is 0.0836. The van der Waals surface area contributed by atoms with Crippen LogP contribution in [0.25, 0.3) is 0 Å². The van der Waals surface area contributed by atoms with E-state index in [1.807, 2.05) is 13.0 Å². The first-order chi connectivity index (χ1) is 12.0. The Labute approximate surface area is 152 Å². The molecule has 0 aliphatic heterocycles. The normalized spacial score (nSPS) is 10.1. The van der Waals surface area contributed by atoms with Crippen LogP contribution in [0.15, 0.2) is 30.3 Å². The predicted octanol–water partition coefficient (Wildman–Crippen LogP) is 3.72. The van der Waals surface area contributed by atoms with E-state index >= 15 is 0 Å². The minimum atomic E-state index is -0.213. The summed E-state index contributed by atoms with van der Waals surface area (Å²) >= 11 is 6.07. The lowest BCUT2D eigenvalue weighted by atomic mass is 10.2. The Hall–Kier alpha value is -2.60. The smallest absolute Gasteiger partial charge is 0.243 e. The summed E-state index contributed by atoms with van der Waals surface area (Å²) in [5.41, 5.74) is 2.17. The van der Waals surface area contributed by atoms with Crippen LogP contribution in [0.1, 0.15) is 5.56 Å². The summed E-state index contributed by atoms with van der Waals surface area (Å²) in [7, 11) is 4.65. The molecule has 0 bridgehead atoms. The Morgan fingerprint density at radius 2 is 1.68 bits per heavy atom. The number of halogens is 1. The molecule has 0 radical (unpaired) electrons.